The summed E-state index contributed by atoms with van der Waals surface area (Å²) in [6.45, 7) is 5.08. The van der Waals surface area contributed by atoms with Gasteiger partial charge in [-0.15, -0.1) is 11.3 Å². The molecule has 3 aromatic rings. The number of nitrogens with zero attached hydrogens (tertiary/aromatic N) is 5. The Hall–Kier alpha value is -1.99. The zero-order chi connectivity index (χ0) is 15.5. The van der Waals surface area contributed by atoms with Gasteiger partial charge >= 0.3 is 0 Å². The van der Waals surface area contributed by atoms with Crippen molar-refractivity contribution in [2.24, 2.45) is 7.05 Å². The lowest BCUT2D eigenvalue weighted by Gasteiger charge is -2.21. The minimum atomic E-state index is 0.298. The van der Waals surface area contributed by atoms with E-state index in [1.807, 2.05) is 42.6 Å². The Kier molecular flexibility index (Phi) is 4.35. The Morgan fingerprint density at radius 3 is 2.86 bits per heavy atom. The van der Waals surface area contributed by atoms with Gasteiger partial charge in [0.25, 0.3) is 0 Å². The van der Waals surface area contributed by atoms with E-state index in [1.165, 1.54) is 0 Å². The number of aromatic nitrogens is 5. The number of aryl methyl sites for hydroxylation is 1. The standard InChI is InChI=1S/C15H20N6S/c1-11(12(2)21-6-4-5-17-21)16-8-14-10-22-15(19-14)13-7-18-20(3)9-13/h4-7,9-12,16H,8H2,1-3H3. The second-order valence-electron chi connectivity index (χ2n) is 5.44. The Balaban J connectivity index is 1.59. The molecule has 2 unspecified atom stereocenters. The summed E-state index contributed by atoms with van der Waals surface area (Å²) in [4.78, 5) is 4.67. The van der Waals surface area contributed by atoms with E-state index in [-0.39, 0.29) is 0 Å². The van der Waals surface area contributed by atoms with E-state index in [0.29, 0.717) is 12.1 Å². The van der Waals surface area contributed by atoms with Crippen molar-refractivity contribution in [1.82, 2.24) is 29.9 Å². The average Bonchev–Trinajstić information content (AvgIpc) is 3.24. The summed E-state index contributed by atoms with van der Waals surface area (Å²) in [5, 5.41) is 15.1. The molecule has 0 aromatic carbocycles. The zero-order valence-electron chi connectivity index (χ0n) is 13.0. The monoisotopic (exact) mass is 316 g/mol. The van der Waals surface area contributed by atoms with Crippen molar-refractivity contribution in [2.45, 2.75) is 32.5 Å². The maximum Gasteiger partial charge on any atom is 0.126 e. The molecule has 22 heavy (non-hydrogen) atoms. The molecule has 0 saturated carbocycles. The number of rotatable bonds is 6. The summed E-state index contributed by atoms with van der Waals surface area (Å²) in [6, 6.07) is 2.55. The molecule has 0 fully saturated rings. The van der Waals surface area contributed by atoms with E-state index in [0.717, 1.165) is 22.8 Å². The highest BCUT2D eigenvalue weighted by Gasteiger charge is 2.14. The first kappa shape index (κ1) is 14.9. The van der Waals surface area contributed by atoms with Gasteiger partial charge in [-0.25, -0.2) is 4.98 Å². The van der Waals surface area contributed by atoms with E-state index in [9.17, 15) is 0 Å². The van der Waals surface area contributed by atoms with Gasteiger partial charge in [0.1, 0.15) is 5.01 Å². The third-order valence-electron chi connectivity index (χ3n) is 3.77. The van der Waals surface area contributed by atoms with Crippen molar-refractivity contribution in [3.8, 4) is 10.6 Å². The van der Waals surface area contributed by atoms with E-state index in [2.05, 4.69) is 39.7 Å². The highest BCUT2D eigenvalue weighted by Crippen LogP contribution is 2.23. The van der Waals surface area contributed by atoms with Crippen LogP contribution in [0.25, 0.3) is 10.6 Å². The lowest BCUT2D eigenvalue weighted by Crippen LogP contribution is -2.33. The molecule has 3 heterocycles. The molecule has 0 aliphatic rings. The second-order valence-corrected chi connectivity index (χ2v) is 6.30. The second kappa shape index (κ2) is 6.41. The molecule has 116 valence electrons. The molecule has 0 bridgehead atoms. The average molecular weight is 316 g/mol. The number of hydrogen-bond acceptors (Lipinski definition) is 5. The van der Waals surface area contributed by atoms with Crippen molar-refractivity contribution in [1.29, 1.82) is 0 Å². The minimum absolute atomic E-state index is 0.298. The van der Waals surface area contributed by atoms with Crippen molar-refractivity contribution < 1.29 is 0 Å². The molecule has 0 amide bonds. The molecule has 0 aliphatic carbocycles. The topological polar surface area (TPSA) is 60.6 Å². The Morgan fingerprint density at radius 2 is 2.18 bits per heavy atom. The lowest BCUT2D eigenvalue weighted by atomic mass is 10.2. The van der Waals surface area contributed by atoms with Crippen LogP contribution in [0.15, 0.2) is 36.2 Å². The zero-order valence-corrected chi connectivity index (χ0v) is 13.8. The third kappa shape index (κ3) is 3.26. The molecule has 0 saturated heterocycles. The highest BCUT2D eigenvalue weighted by atomic mass is 32.1. The maximum absolute atomic E-state index is 4.67. The van der Waals surface area contributed by atoms with Gasteiger partial charge in [-0.1, -0.05) is 0 Å². The molecule has 2 atom stereocenters. The largest absolute Gasteiger partial charge is 0.306 e. The maximum atomic E-state index is 4.67. The quantitative estimate of drug-likeness (QED) is 0.759. The van der Waals surface area contributed by atoms with Gasteiger partial charge in [-0.2, -0.15) is 10.2 Å². The van der Waals surface area contributed by atoms with E-state index in [4.69, 9.17) is 0 Å². The van der Waals surface area contributed by atoms with Crippen molar-refractivity contribution in [3.05, 3.63) is 41.9 Å². The first-order valence-corrected chi connectivity index (χ1v) is 8.17. The number of thiazole rings is 1. The molecule has 3 aromatic heterocycles. The fourth-order valence-corrected chi connectivity index (χ4v) is 3.03. The van der Waals surface area contributed by atoms with E-state index >= 15 is 0 Å². The molecule has 0 aliphatic heterocycles. The van der Waals surface area contributed by atoms with Gasteiger partial charge in [-0.05, 0) is 19.9 Å². The Labute approximate surface area is 133 Å². The molecule has 6 nitrogen and oxygen atoms in total. The molecular formula is C15H20N6S. The van der Waals surface area contributed by atoms with Crippen molar-refractivity contribution in [3.63, 3.8) is 0 Å². The van der Waals surface area contributed by atoms with Gasteiger partial charge < -0.3 is 5.32 Å². The molecule has 0 spiro atoms. The van der Waals surface area contributed by atoms with Gasteiger partial charge in [0.05, 0.1) is 17.9 Å². The predicted octanol–water partition coefficient (Wildman–Crippen LogP) is 2.48. The lowest BCUT2D eigenvalue weighted by molar-refractivity contribution is 0.364. The van der Waals surface area contributed by atoms with E-state index in [1.54, 1.807) is 16.0 Å². The normalized spacial score (nSPS) is 14.1. The van der Waals surface area contributed by atoms with Crippen molar-refractivity contribution in [2.75, 3.05) is 0 Å². The molecular weight excluding hydrogens is 296 g/mol. The van der Waals surface area contributed by atoms with Crippen LogP contribution in [0, 0.1) is 0 Å². The van der Waals surface area contributed by atoms with Crippen LogP contribution in [0.3, 0.4) is 0 Å². The predicted molar refractivity (Wildman–Crippen MR) is 87.6 cm³/mol. The SMILES string of the molecule is CC(NCc1csc(-c2cnn(C)c2)n1)C(C)n1cccn1. The van der Waals surface area contributed by atoms with Crippen LogP contribution in [-0.4, -0.2) is 30.6 Å². The summed E-state index contributed by atoms with van der Waals surface area (Å²) in [7, 11) is 1.91. The third-order valence-corrected chi connectivity index (χ3v) is 4.71. The van der Waals surface area contributed by atoms with Crippen LogP contribution < -0.4 is 5.32 Å². The Bertz CT molecular complexity index is 714. The smallest absolute Gasteiger partial charge is 0.126 e. The van der Waals surface area contributed by atoms with Gasteiger partial charge in [0, 0.05) is 49.2 Å². The van der Waals surface area contributed by atoms with Crippen LogP contribution in [0.4, 0.5) is 0 Å². The van der Waals surface area contributed by atoms with Crippen molar-refractivity contribution >= 4 is 11.3 Å². The number of nitrogens with one attached hydrogen (secondary N) is 1. The van der Waals surface area contributed by atoms with Gasteiger partial charge in [0.2, 0.25) is 0 Å². The van der Waals surface area contributed by atoms with Crippen LogP contribution in [0.5, 0.6) is 0 Å². The van der Waals surface area contributed by atoms with E-state index < -0.39 is 0 Å². The first-order chi connectivity index (χ1) is 10.6. The summed E-state index contributed by atoms with van der Waals surface area (Å²) in [6.07, 6.45) is 7.63. The van der Waals surface area contributed by atoms with Crippen LogP contribution >= 0.6 is 11.3 Å². The fourth-order valence-electron chi connectivity index (χ4n) is 2.24. The summed E-state index contributed by atoms with van der Waals surface area (Å²) in [5.41, 5.74) is 2.13. The summed E-state index contributed by atoms with van der Waals surface area (Å²) in [5.74, 6) is 0. The molecule has 1 N–H and O–H groups in total. The molecule has 7 heteroatoms. The first-order valence-electron chi connectivity index (χ1n) is 7.29. The molecule has 0 radical (unpaired) electrons. The highest BCUT2D eigenvalue weighted by molar-refractivity contribution is 7.13. The van der Waals surface area contributed by atoms with Crippen LogP contribution in [0.2, 0.25) is 0 Å². The fraction of sp³-hybridized carbons (Fsp3) is 0.400. The minimum Gasteiger partial charge on any atom is -0.306 e. The summed E-state index contributed by atoms with van der Waals surface area (Å²) >= 11 is 1.65. The van der Waals surface area contributed by atoms with Gasteiger partial charge in [0.15, 0.2) is 0 Å². The van der Waals surface area contributed by atoms with Crippen LogP contribution in [-0.2, 0) is 13.6 Å². The van der Waals surface area contributed by atoms with Gasteiger partial charge in [-0.3, -0.25) is 9.36 Å². The van der Waals surface area contributed by atoms with Crippen LogP contribution in [0.1, 0.15) is 25.6 Å². The summed E-state index contributed by atoms with van der Waals surface area (Å²) < 4.78 is 3.77. The molecule has 3 rings (SSSR count). The number of hydrogen-bond donors (Lipinski definition) is 1. The Morgan fingerprint density at radius 1 is 1.32 bits per heavy atom.